The van der Waals surface area contributed by atoms with Crippen LogP contribution in [0.4, 0.5) is 0 Å². The minimum absolute atomic E-state index is 0. The molecule has 0 rings (SSSR count). The molecule has 0 fully saturated rings. The first-order valence-corrected chi connectivity index (χ1v) is 1.96. The molecule has 0 N–H and O–H groups in total. The quantitative estimate of drug-likeness (QED) is 0.428. The van der Waals surface area contributed by atoms with Gasteiger partial charge in [-0.3, -0.25) is 0 Å². The van der Waals surface area contributed by atoms with Crippen LogP contribution in [0.2, 0.25) is 0 Å². The van der Waals surface area contributed by atoms with Gasteiger partial charge in [-0.2, -0.15) is 0 Å². The summed E-state index contributed by atoms with van der Waals surface area (Å²) < 4.78 is 0. The van der Waals surface area contributed by atoms with Crippen molar-refractivity contribution in [1.82, 2.24) is 0 Å². The summed E-state index contributed by atoms with van der Waals surface area (Å²) in [5.74, 6) is 0. The first-order valence-electron chi connectivity index (χ1n) is 1.96. The Labute approximate surface area is 40.7 Å². The highest BCUT2D eigenvalue weighted by Crippen LogP contribution is 1.98. The van der Waals surface area contributed by atoms with E-state index in [0.29, 0.717) is 0 Å². The van der Waals surface area contributed by atoms with E-state index >= 15 is 0 Å². The van der Waals surface area contributed by atoms with E-state index in [-0.39, 0.29) is 1.43 Å². The van der Waals surface area contributed by atoms with Crippen molar-refractivity contribution in [2.24, 2.45) is 0 Å². The molecule has 0 aliphatic heterocycles. The molecular weight excluding hydrogens is 72.1 g/mol. The van der Waals surface area contributed by atoms with Gasteiger partial charge in [0.15, 0.2) is 0 Å². The van der Waals surface area contributed by atoms with Gasteiger partial charge in [-0.05, 0) is 13.8 Å². The second-order valence-electron chi connectivity index (χ2n) is 1.56. The first-order chi connectivity index (χ1) is 2.64. The van der Waals surface area contributed by atoms with E-state index in [1.54, 1.807) is 0 Å². The molecule has 0 aromatic heterocycles. The number of hydrogen-bond donors (Lipinski definition) is 0. The standard InChI is InChI=1S/C6H10.H2/c1-5(2)6(3)4;/h1,3H2,2,4H3;1H. The zero-order valence-corrected chi connectivity index (χ0v) is 4.41. The summed E-state index contributed by atoms with van der Waals surface area (Å²) in [4.78, 5) is 0. The predicted octanol–water partition coefficient (Wildman–Crippen LogP) is 2.38. The Hall–Kier alpha value is -0.520. The van der Waals surface area contributed by atoms with Crippen molar-refractivity contribution in [3.63, 3.8) is 0 Å². The van der Waals surface area contributed by atoms with Crippen molar-refractivity contribution in [2.75, 3.05) is 0 Å². The molecule has 0 aliphatic rings. The lowest BCUT2D eigenvalue weighted by Crippen LogP contribution is -1.67. The molecule has 0 aliphatic carbocycles. The van der Waals surface area contributed by atoms with Crippen LogP contribution >= 0.6 is 0 Å². The van der Waals surface area contributed by atoms with Crippen molar-refractivity contribution in [1.29, 1.82) is 0 Å². The Bertz CT molecular complexity index is 70.2. The van der Waals surface area contributed by atoms with E-state index in [4.69, 9.17) is 0 Å². The zero-order valence-electron chi connectivity index (χ0n) is 4.41. The Morgan fingerprint density at radius 2 is 1.33 bits per heavy atom. The molecule has 6 heavy (non-hydrogen) atoms. The summed E-state index contributed by atoms with van der Waals surface area (Å²) in [6.45, 7) is 11.2. The fraction of sp³-hybridized carbons (Fsp3) is 0.333. The van der Waals surface area contributed by atoms with Gasteiger partial charge >= 0.3 is 0 Å². The first kappa shape index (κ1) is 5.48. The summed E-state index contributed by atoms with van der Waals surface area (Å²) in [6, 6.07) is 0. The van der Waals surface area contributed by atoms with Gasteiger partial charge < -0.3 is 0 Å². The van der Waals surface area contributed by atoms with Gasteiger partial charge in [-0.25, -0.2) is 0 Å². The fourth-order valence-corrected chi connectivity index (χ4v) is 0. The number of rotatable bonds is 1. The lowest BCUT2D eigenvalue weighted by molar-refractivity contribution is 1.39. The van der Waals surface area contributed by atoms with Gasteiger partial charge in [0.2, 0.25) is 0 Å². The SMILES string of the molecule is C=C(C)C(=C)C.[HH]. The topological polar surface area (TPSA) is 0 Å². The van der Waals surface area contributed by atoms with Crippen LogP contribution in [0.1, 0.15) is 15.3 Å². The molecule has 0 atom stereocenters. The highest BCUT2D eigenvalue weighted by atomic mass is 13.8. The lowest BCUT2D eigenvalue weighted by atomic mass is 10.2. The monoisotopic (exact) mass is 84.1 g/mol. The van der Waals surface area contributed by atoms with Crippen molar-refractivity contribution in [3.05, 3.63) is 24.3 Å². The smallest absolute Gasteiger partial charge is 0 e. The Morgan fingerprint density at radius 3 is 1.33 bits per heavy atom. The molecule has 0 saturated carbocycles. The van der Waals surface area contributed by atoms with Crippen LogP contribution in [0.3, 0.4) is 0 Å². The zero-order chi connectivity index (χ0) is 5.15. The predicted molar refractivity (Wildman–Crippen MR) is 31.7 cm³/mol. The van der Waals surface area contributed by atoms with Crippen LogP contribution in [0, 0.1) is 0 Å². The molecule has 0 spiro atoms. The average molecular weight is 84.2 g/mol. The third-order valence-corrected chi connectivity index (χ3v) is 0.729. The molecule has 0 bridgehead atoms. The van der Waals surface area contributed by atoms with E-state index in [9.17, 15) is 0 Å². The summed E-state index contributed by atoms with van der Waals surface area (Å²) in [5.41, 5.74) is 2.13. The average Bonchev–Trinajstić information content (AvgIpc) is 1.36. The summed E-state index contributed by atoms with van der Waals surface area (Å²) in [6.07, 6.45) is 0. The van der Waals surface area contributed by atoms with Gasteiger partial charge in [-0.1, -0.05) is 24.3 Å². The number of allylic oxidation sites excluding steroid dienone is 2. The van der Waals surface area contributed by atoms with Gasteiger partial charge in [0.25, 0.3) is 0 Å². The molecule has 0 nitrogen and oxygen atoms in total. The molecule has 0 radical (unpaired) electrons. The van der Waals surface area contributed by atoms with Crippen LogP contribution in [-0.4, -0.2) is 0 Å². The molecule has 36 valence electrons. The minimum Gasteiger partial charge on any atom is -0.0959 e. The van der Waals surface area contributed by atoms with Crippen LogP contribution in [0.15, 0.2) is 24.3 Å². The summed E-state index contributed by atoms with van der Waals surface area (Å²) in [5, 5.41) is 0. The lowest BCUT2D eigenvalue weighted by Gasteiger charge is -1.88. The normalized spacial score (nSPS) is 7.67. The molecule has 0 saturated heterocycles. The molecule has 0 heteroatoms. The fourth-order valence-electron chi connectivity index (χ4n) is 0. The molecule has 0 aromatic rings. The third-order valence-electron chi connectivity index (χ3n) is 0.729. The van der Waals surface area contributed by atoms with E-state index in [2.05, 4.69) is 13.2 Å². The van der Waals surface area contributed by atoms with Gasteiger partial charge in [0.05, 0.1) is 0 Å². The number of hydrogen-bond acceptors (Lipinski definition) is 0. The highest BCUT2D eigenvalue weighted by Gasteiger charge is 1.77. The third kappa shape index (κ3) is 1.77. The van der Waals surface area contributed by atoms with Crippen molar-refractivity contribution in [3.8, 4) is 0 Å². The summed E-state index contributed by atoms with van der Waals surface area (Å²) >= 11 is 0. The second-order valence-corrected chi connectivity index (χ2v) is 1.56. The van der Waals surface area contributed by atoms with Gasteiger partial charge in [-0.15, -0.1) is 0 Å². The van der Waals surface area contributed by atoms with E-state index in [1.165, 1.54) is 0 Å². The van der Waals surface area contributed by atoms with E-state index < -0.39 is 0 Å². The Balaban J connectivity index is 0. The molecular formula is C6H12. The van der Waals surface area contributed by atoms with Crippen molar-refractivity contribution < 1.29 is 1.43 Å². The van der Waals surface area contributed by atoms with Gasteiger partial charge in [0.1, 0.15) is 0 Å². The van der Waals surface area contributed by atoms with Crippen LogP contribution in [0.25, 0.3) is 0 Å². The molecule has 0 aromatic carbocycles. The Morgan fingerprint density at radius 1 is 1.17 bits per heavy atom. The Kier molecular flexibility index (Phi) is 1.65. The molecule has 0 amide bonds. The van der Waals surface area contributed by atoms with Gasteiger partial charge in [0, 0.05) is 1.43 Å². The maximum absolute atomic E-state index is 3.66. The largest absolute Gasteiger partial charge is 0.0959 e. The van der Waals surface area contributed by atoms with Crippen LogP contribution in [0.5, 0.6) is 0 Å². The van der Waals surface area contributed by atoms with Crippen molar-refractivity contribution in [2.45, 2.75) is 13.8 Å². The minimum atomic E-state index is 0. The van der Waals surface area contributed by atoms with E-state index in [0.717, 1.165) is 11.1 Å². The molecule has 0 heterocycles. The highest BCUT2D eigenvalue weighted by molar-refractivity contribution is 5.19. The van der Waals surface area contributed by atoms with Crippen LogP contribution in [-0.2, 0) is 0 Å². The van der Waals surface area contributed by atoms with E-state index in [1.807, 2.05) is 13.8 Å². The maximum Gasteiger partial charge on any atom is 0 e. The van der Waals surface area contributed by atoms with Crippen LogP contribution < -0.4 is 0 Å². The summed E-state index contributed by atoms with van der Waals surface area (Å²) in [7, 11) is 0. The molecule has 0 unspecified atom stereocenters. The maximum atomic E-state index is 3.66. The van der Waals surface area contributed by atoms with Crippen molar-refractivity contribution >= 4 is 0 Å². The second kappa shape index (κ2) is 1.81.